The second-order valence-electron chi connectivity index (χ2n) is 4.92. The maximum Gasteiger partial charge on any atom is 0.193 e. The van der Waals surface area contributed by atoms with Gasteiger partial charge >= 0.3 is 0 Å². The van der Waals surface area contributed by atoms with Gasteiger partial charge in [-0.1, -0.05) is 12.1 Å². The number of hydrogen-bond donors (Lipinski definition) is 1. The fourth-order valence-electron chi connectivity index (χ4n) is 2.28. The van der Waals surface area contributed by atoms with Crippen LogP contribution in [0.2, 0.25) is 0 Å². The molecule has 0 saturated heterocycles. The summed E-state index contributed by atoms with van der Waals surface area (Å²) in [5, 5.41) is 7.60. The fraction of sp³-hybridized carbons (Fsp3) is 0.333. The SMILES string of the molecule is CN1CCN=C1NCCc1ccc(-n2cccn2)cc1.I. The molecule has 21 heavy (non-hydrogen) atoms. The maximum atomic E-state index is 4.42. The van der Waals surface area contributed by atoms with Gasteiger partial charge in [-0.15, -0.1) is 24.0 Å². The number of hydrogen-bond acceptors (Lipinski definition) is 4. The first-order chi connectivity index (χ1) is 9.83. The summed E-state index contributed by atoms with van der Waals surface area (Å²) in [5.41, 5.74) is 2.40. The van der Waals surface area contributed by atoms with Crippen LogP contribution in [0.15, 0.2) is 47.7 Å². The van der Waals surface area contributed by atoms with Crippen LogP contribution in [0, 0.1) is 0 Å². The average Bonchev–Trinajstić information content (AvgIpc) is 3.12. The van der Waals surface area contributed by atoms with E-state index in [1.54, 1.807) is 6.20 Å². The lowest BCUT2D eigenvalue weighted by molar-refractivity contribution is 0.534. The molecule has 0 unspecified atom stereocenters. The molecule has 112 valence electrons. The summed E-state index contributed by atoms with van der Waals surface area (Å²) in [6.07, 6.45) is 4.73. The van der Waals surface area contributed by atoms with Crippen LogP contribution in [0.4, 0.5) is 0 Å². The number of likely N-dealkylation sites (N-methyl/N-ethyl adjacent to an activating group) is 1. The largest absolute Gasteiger partial charge is 0.356 e. The molecule has 1 aliphatic heterocycles. The van der Waals surface area contributed by atoms with Crippen molar-refractivity contribution in [3.05, 3.63) is 48.3 Å². The predicted molar refractivity (Wildman–Crippen MR) is 95.6 cm³/mol. The van der Waals surface area contributed by atoms with E-state index in [4.69, 9.17) is 0 Å². The molecule has 0 aliphatic carbocycles. The normalized spacial score (nSPS) is 13.8. The lowest BCUT2D eigenvalue weighted by Gasteiger charge is -2.15. The van der Waals surface area contributed by atoms with Gasteiger partial charge in [-0.05, 0) is 30.2 Å². The number of nitrogens with one attached hydrogen (secondary N) is 1. The molecule has 5 nitrogen and oxygen atoms in total. The number of rotatable bonds is 4. The van der Waals surface area contributed by atoms with E-state index in [2.05, 4.69) is 51.6 Å². The van der Waals surface area contributed by atoms with Gasteiger partial charge in [-0.25, -0.2) is 4.68 Å². The number of guanidine groups is 1. The molecule has 2 aromatic rings. The highest BCUT2D eigenvalue weighted by Crippen LogP contribution is 2.09. The van der Waals surface area contributed by atoms with Crippen LogP contribution in [0.5, 0.6) is 0 Å². The third-order valence-electron chi connectivity index (χ3n) is 3.46. The van der Waals surface area contributed by atoms with Crippen molar-refractivity contribution >= 4 is 29.9 Å². The van der Waals surface area contributed by atoms with Crippen LogP contribution >= 0.6 is 24.0 Å². The van der Waals surface area contributed by atoms with E-state index in [-0.39, 0.29) is 24.0 Å². The zero-order valence-corrected chi connectivity index (χ0v) is 14.4. The first-order valence-corrected chi connectivity index (χ1v) is 6.91. The molecule has 0 atom stereocenters. The summed E-state index contributed by atoms with van der Waals surface area (Å²) >= 11 is 0. The number of aliphatic imine (C=N–C) groups is 1. The van der Waals surface area contributed by atoms with Gasteiger partial charge in [-0.2, -0.15) is 5.10 Å². The van der Waals surface area contributed by atoms with E-state index in [1.807, 2.05) is 16.9 Å². The van der Waals surface area contributed by atoms with Gasteiger partial charge < -0.3 is 10.2 Å². The van der Waals surface area contributed by atoms with Crippen molar-refractivity contribution in [1.82, 2.24) is 20.0 Å². The Labute approximate surface area is 142 Å². The van der Waals surface area contributed by atoms with Crippen LogP contribution in [-0.2, 0) is 6.42 Å². The molecule has 0 fully saturated rings. The van der Waals surface area contributed by atoms with Gasteiger partial charge in [-0.3, -0.25) is 4.99 Å². The smallest absolute Gasteiger partial charge is 0.193 e. The third-order valence-corrected chi connectivity index (χ3v) is 3.46. The Kier molecular flexibility index (Phi) is 5.60. The lowest BCUT2D eigenvalue weighted by atomic mass is 10.1. The van der Waals surface area contributed by atoms with Crippen molar-refractivity contribution in [2.75, 3.05) is 26.7 Å². The molecule has 0 amide bonds. The van der Waals surface area contributed by atoms with E-state index < -0.39 is 0 Å². The first kappa shape index (κ1) is 15.8. The van der Waals surface area contributed by atoms with E-state index in [0.717, 1.165) is 37.7 Å². The van der Waals surface area contributed by atoms with E-state index in [1.165, 1.54) is 5.56 Å². The molecular weight excluding hydrogens is 377 g/mol. The molecule has 0 radical (unpaired) electrons. The number of benzene rings is 1. The summed E-state index contributed by atoms with van der Waals surface area (Å²) in [6, 6.07) is 10.4. The minimum Gasteiger partial charge on any atom is -0.356 e. The summed E-state index contributed by atoms with van der Waals surface area (Å²) in [7, 11) is 2.07. The van der Waals surface area contributed by atoms with Crippen molar-refractivity contribution < 1.29 is 0 Å². The molecule has 1 aliphatic rings. The standard InChI is InChI=1S/C15H19N5.HI/c1-19-12-10-17-15(19)16-9-7-13-3-5-14(6-4-13)20-11-2-8-18-20;/h2-6,8,11H,7,9-10,12H2,1H3,(H,16,17);1H. The molecule has 0 saturated carbocycles. The zero-order chi connectivity index (χ0) is 13.8. The molecule has 1 aromatic heterocycles. The maximum absolute atomic E-state index is 4.42. The molecule has 0 spiro atoms. The summed E-state index contributed by atoms with van der Waals surface area (Å²) in [4.78, 5) is 6.57. The number of nitrogens with zero attached hydrogens (tertiary/aromatic N) is 4. The zero-order valence-electron chi connectivity index (χ0n) is 12.1. The Bertz CT molecular complexity index is 577. The van der Waals surface area contributed by atoms with Gasteiger partial charge in [0.25, 0.3) is 0 Å². The molecule has 6 heteroatoms. The van der Waals surface area contributed by atoms with Crippen molar-refractivity contribution in [3.63, 3.8) is 0 Å². The van der Waals surface area contributed by atoms with Crippen LogP contribution in [0.25, 0.3) is 5.69 Å². The molecule has 1 N–H and O–H groups in total. The number of aromatic nitrogens is 2. The Morgan fingerprint density at radius 2 is 2.05 bits per heavy atom. The highest BCUT2D eigenvalue weighted by molar-refractivity contribution is 14.0. The van der Waals surface area contributed by atoms with E-state index >= 15 is 0 Å². The third kappa shape index (κ3) is 3.96. The van der Waals surface area contributed by atoms with Gasteiger partial charge in [0, 0.05) is 32.5 Å². The molecular formula is C15H20IN5. The Hall–Kier alpha value is -1.57. The van der Waals surface area contributed by atoms with Crippen molar-refractivity contribution in [3.8, 4) is 5.69 Å². The second kappa shape index (κ2) is 7.44. The summed E-state index contributed by atoms with van der Waals surface area (Å²) in [5.74, 6) is 1.01. The fourth-order valence-corrected chi connectivity index (χ4v) is 2.28. The van der Waals surface area contributed by atoms with Crippen molar-refractivity contribution in [2.24, 2.45) is 4.99 Å². The molecule has 1 aromatic carbocycles. The van der Waals surface area contributed by atoms with Crippen molar-refractivity contribution in [2.45, 2.75) is 6.42 Å². The second-order valence-corrected chi connectivity index (χ2v) is 4.92. The van der Waals surface area contributed by atoms with Crippen LogP contribution < -0.4 is 5.32 Å². The number of halogens is 1. The van der Waals surface area contributed by atoms with E-state index in [0.29, 0.717) is 0 Å². The van der Waals surface area contributed by atoms with Crippen LogP contribution in [0.3, 0.4) is 0 Å². The molecule has 3 rings (SSSR count). The topological polar surface area (TPSA) is 45.5 Å². The first-order valence-electron chi connectivity index (χ1n) is 6.91. The highest BCUT2D eigenvalue weighted by atomic mass is 127. The minimum atomic E-state index is 0. The molecule has 2 heterocycles. The Balaban J connectivity index is 0.00000161. The lowest BCUT2D eigenvalue weighted by Crippen LogP contribution is -2.36. The summed E-state index contributed by atoms with van der Waals surface area (Å²) in [6.45, 7) is 2.82. The molecule has 0 bridgehead atoms. The summed E-state index contributed by atoms with van der Waals surface area (Å²) < 4.78 is 1.87. The van der Waals surface area contributed by atoms with Gasteiger partial charge in [0.1, 0.15) is 0 Å². The van der Waals surface area contributed by atoms with E-state index in [9.17, 15) is 0 Å². The van der Waals surface area contributed by atoms with Gasteiger partial charge in [0.2, 0.25) is 0 Å². The predicted octanol–water partition coefficient (Wildman–Crippen LogP) is 1.92. The van der Waals surface area contributed by atoms with Gasteiger partial charge in [0.15, 0.2) is 5.96 Å². The van der Waals surface area contributed by atoms with Crippen LogP contribution in [0.1, 0.15) is 5.56 Å². The highest BCUT2D eigenvalue weighted by Gasteiger charge is 2.10. The monoisotopic (exact) mass is 397 g/mol. The Morgan fingerprint density at radius 3 is 2.67 bits per heavy atom. The van der Waals surface area contributed by atoms with Gasteiger partial charge in [0.05, 0.1) is 12.2 Å². The van der Waals surface area contributed by atoms with Crippen LogP contribution in [-0.4, -0.2) is 47.3 Å². The van der Waals surface area contributed by atoms with Crippen molar-refractivity contribution in [1.29, 1.82) is 0 Å². The Morgan fingerprint density at radius 1 is 1.24 bits per heavy atom. The average molecular weight is 397 g/mol. The quantitative estimate of drug-likeness (QED) is 0.803. The minimum absolute atomic E-state index is 0.